The van der Waals surface area contributed by atoms with Crippen molar-refractivity contribution in [2.75, 3.05) is 13.2 Å². The average molecular weight is 941 g/mol. The molecular weight excluding hydrogens is 827 g/mol. The Bertz CT molecular complexity index is 1130. The number of carbonyl (C=O) groups excluding carboxylic acids is 2. The van der Waals surface area contributed by atoms with E-state index in [2.05, 4.69) is 55.6 Å². The van der Waals surface area contributed by atoms with Crippen LogP contribution in [0.25, 0.3) is 0 Å². The number of unbranched alkanes of at least 4 members (excludes halogenated alkanes) is 37. The number of esters is 1. The van der Waals surface area contributed by atoms with E-state index in [0.717, 1.165) is 51.4 Å². The van der Waals surface area contributed by atoms with Crippen LogP contribution in [-0.2, 0) is 14.3 Å². The average Bonchev–Trinajstić information content (AvgIpc) is 3.33. The van der Waals surface area contributed by atoms with E-state index in [9.17, 15) is 19.8 Å². The predicted octanol–water partition coefficient (Wildman–Crippen LogP) is 18.2. The van der Waals surface area contributed by atoms with Gasteiger partial charge in [0.25, 0.3) is 0 Å². The monoisotopic (exact) mass is 940 g/mol. The third kappa shape index (κ3) is 53.0. The van der Waals surface area contributed by atoms with Crippen LogP contribution in [0.3, 0.4) is 0 Å². The molecule has 0 fully saturated rings. The van der Waals surface area contributed by atoms with E-state index in [0.29, 0.717) is 19.4 Å². The maximum Gasteiger partial charge on any atom is 0.305 e. The first-order valence-corrected chi connectivity index (χ1v) is 29.4. The lowest BCUT2D eigenvalue weighted by Crippen LogP contribution is -2.45. The normalized spacial score (nSPS) is 13.0. The van der Waals surface area contributed by atoms with Gasteiger partial charge >= 0.3 is 5.97 Å². The van der Waals surface area contributed by atoms with Crippen molar-refractivity contribution in [2.45, 2.75) is 315 Å². The van der Waals surface area contributed by atoms with Crippen molar-refractivity contribution in [3.05, 3.63) is 48.6 Å². The second-order valence-electron chi connectivity index (χ2n) is 20.0. The molecule has 0 saturated heterocycles. The van der Waals surface area contributed by atoms with Crippen molar-refractivity contribution >= 4 is 11.9 Å². The van der Waals surface area contributed by atoms with Gasteiger partial charge in [-0.3, -0.25) is 9.59 Å². The second-order valence-corrected chi connectivity index (χ2v) is 20.0. The molecule has 0 aliphatic rings. The fraction of sp³-hybridized carbons (Fsp3) is 0.836. The van der Waals surface area contributed by atoms with Gasteiger partial charge in [0.2, 0.25) is 5.91 Å². The van der Waals surface area contributed by atoms with Gasteiger partial charge in [0, 0.05) is 12.8 Å². The minimum absolute atomic E-state index is 0.00167. The highest BCUT2D eigenvalue weighted by atomic mass is 16.5. The zero-order valence-corrected chi connectivity index (χ0v) is 44.6. The first kappa shape index (κ1) is 64.8. The molecule has 6 nitrogen and oxygen atoms in total. The van der Waals surface area contributed by atoms with Gasteiger partial charge in [0.05, 0.1) is 25.4 Å². The SMILES string of the molecule is CCCCC/C=C\C/C=C\CCCCCCCC(=O)OCCCCCCCCCCCCCC/C=C\CCCCCCCCCCCC(=O)NC(CO)C(O)/C=C/CCCCCCCCCC. The third-order valence-corrected chi connectivity index (χ3v) is 13.3. The molecule has 0 aromatic carbocycles. The number of carbonyl (C=O) groups is 2. The van der Waals surface area contributed by atoms with Gasteiger partial charge in [-0.15, -0.1) is 0 Å². The molecule has 0 heterocycles. The van der Waals surface area contributed by atoms with Gasteiger partial charge in [-0.05, 0) is 89.9 Å². The van der Waals surface area contributed by atoms with Gasteiger partial charge in [-0.25, -0.2) is 0 Å². The molecule has 392 valence electrons. The summed E-state index contributed by atoms with van der Waals surface area (Å²) in [6, 6.07) is -0.629. The number of hydrogen-bond donors (Lipinski definition) is 3. The second kappa shape index (κ2) is 56.4. The molecule has 3 N–H and O–H groups in total. The highest BCUT2D eigenvalue weighted by Crippen LogP contribution is 2.16. The van der Waals surface area contributed by atoms with Crippen molar-refractivity contribution in [1.29, 1.82) is 0 Å². The van der Waals surface area contributed by atoms with E-state index in [4.69, 9.17) is 4.74 Å². The zero-order valence-electron chi connectivity index (χ0n) is 44.6. The molecule has 2 unspecified atom stereocenters. The lowest BCUT2D eigenvalue weighted by Gasteiger charge is -2.20. The number of ether oxygens (including phenoxy) is 1. The molecule has 0 rings (SSSR count). The van der Waals surface area contributed by atoms with Gasteiger partial charge in [-0.1, -0.05) is 249 Å². The molecule has 0 aromatic rings. The fourth-order valence-electron chi connectivity index (χ4n) is 8.78. The Morgan fingerprint density at radius 1 is 0.418 bits per heavy atom. The molecular formula is C61H113NO5. The molecule has 6 heteroatoms. The molecule has 0 aliphatic carbocycles. The smallest absolute Gasteiger partial charge is 0.305 e. The Labute approximate surface area is 416 Å². The zero-order chi connectivity index (χ0) is 48.6. The molecule has 0 aromatic heterocycles. The molecule has 0 spiro atoms. The van der Waals surface area contributed by atoms with Crippen molar-refractivity contribution in [1.82, 2.24) is 5.32 Å². The summed E-state index contributed by atoms with van der Waals surface area (Å²) in [5, 5.41) is 23.0. The summed E-state index contributed by atoms with van der Waals surface area (Å²) in [6.45, 7) is 4.85. The first-order chi connectivity index (χ1) is 33.0. The van der Waals surface area contributed by atoms with Gasteiger partial charge in [-0.2, -0.15) is 0 Å². The quantitative estimate of drug-likeness (QED) is 0.0321. The van der Waals surface area contributed by atoms with Crippen LogP contribution in [0, 0.1) is 0 Å². The summed E-state index contributed by atoms with van der Waals surface area (Å²) < 4.78 is 5.47. The van der Waals surface area contributed by atoms with Crippen molar-refractivity contribution in [3.63, 3.8) is 0 Å². The Kier molecular flexibility index (Phi) is 54.6. The van der Waals surface area contributed by atoms with E-state index in [1.165, 1.54) is 225 Å². The van der Waals surface area contributed by atoms with Crippen molar-refractivity contribution in [3.8, 4) is 0 Å². The Hall–Kier alpha value is -2.18. The van der Waals surface area contributed by atoms with Crippen LogP contribution < -0.4 is 5.32 Å². The van der Waals surface area contributed by atoms with Crippen LogP contribution in [0.2, 0.25) is 0 Å². The number of amides is 1. The molecule has 2 atom stereocenters. The molecule has 0 bridgehead atoms. The van der Waals surface area contributed by atoms with Gasteiger partial charge < -0.3 is 20.3 Å². The minimum Gasteiger partial charge on any atom is -0.466 e. The maximum absolute atomic E-state index is 12.4. The van der Waals surface area contributed by atoms with Crippen LogP contribution in [-0.4, -0.2) is 47.4 Å². The standard InChI is InChI=1S/C61H113NO5/c1-3-5-7-9-11-13-15-16-28-32-35-39-43-47-51-55-61(66)67-56-52-48-44-40-36-33-30-27-25-23-21-19-17-18-20-22-24-26-29-31-34-38-42-46-50-54-60(65)62-58(57-63)59(64)53-49-45-41-37-14-12-10-8-6-4-2/h11,13,16,18,20,28,49,53,58-59,63-64H,3-10,12,14-15,17,19,21-27,29-48,50-52,54-57H2,1-2H3,(H,62,65)/b13-11-,20-18-,28-16-,53-49+. The summed E-state index contributed by atoms with van der Waals surface area (Å²) in [4.78, 5) is 24.4. The largest absolute Gasteiger partial charge is 0.466 e. The lowest BCUT2D eigenvalue weighted by molar-refractivity contribution is -0.143. The summed E-state index contributed by atoms with van der Waals surface area (Å²) in [7, 11) is 0. The van der Waals surface area contributed by atoms with E-state index in [-0.39, 0.29) is 18.5 Å². The van der Waals surface area contributed by atoms with Crippen LogP contribution in [0.15, 0.2) is 48.6 Å². The van der Waals surface area contributed by atoms with Gasteiger partial charge in [0.15, 0.2) is 0 Å². The van der Waals surface area contributed by atoms with Gasteiger partial charge in [0.1, 0.15) is 0 Å². The Morgan fingerprint density at radius 3 is 1.18 bits per heavy atom. The van der Waals surface area contributed by atoms with Crippen LogP contribution >= 0.6 is 0 Å². The molecule has 0 radical (unpaired) electrons. The third-order valence-electron chi connectivity index (χ3n) is 13.3. The van der Waals surface area contributed by atoms with E-state index in [1.807, 2.05) is 6.08 Å². The number of allylic oxidation sites excluding steroid dienone is 7. The van der Waals surface area contributed by atoms with E-state index >= 15 is 0 Å². The number of hydrogen-bond acceptors (Lipinski definition) is 5. The number of rotatable bonds is 54. The molecule has 0 saturated carbocycles. The Balaban J connectivity index is 3.40. The Morgan fingerprint density at radius 2 is 0.746 bits per heavy atom. The minimum atomic E-state index is -0.845. The highest BCUT2D eigenvalue weighted by molar-refractivity contribution is 5.76. The fourth-order valence-corrected chi connectivity index (χ4v) is 8.78. The summed E-state index contributed by atoms with van der Waals surface area (Å²) >= 11 is 0. The first-order valence-electron chi connectivity index (χ1n) is 29.4. The predicted molar refractivity (Wildman–Crippen MR) is 292 cm³/mol. The topological polar surface area (TPSA) is 95.9 Å². The van der Waals surface area contributed by atoms with Crippen LogP contribution in [0.5, 0.6) is 0 Å². The number of nitrogens with one attached hydrogen (secondary N) is 1. The molecule has 0 aliphatic heterocycles. The van der Waals surface area contributed by atoms with E-state index in [1.54, 1.807) is 6.08 Å². The lowest BCUT2D eigenvalue weighted by atomic mass is 10.0. The number of aliphatic hydroxyl groups excluding tert-OH is 2. The van der Waals surface area contributed by atoms with Crippen LogP contribution in [0.1, 0.15) is 303 Å². The molecule has 67 heavy (non-hydrogen) atoms. The number of aliphatic hydroxyl groups is 2. The van der Waals surface area contributed by atoms with E-state index < -0.39 is 12.1 Å². The maximum atomic E-state index is 12.4. The summed E-state index contributed by atoms with van der Waals surface area (Å²) in [6.07, 6.45) is 71.5. The molecule has 1 amide bonds. The summed E-state index contributed by atoms with van der Waals surface area (Å²) in [5.41, 5.74) is 0. The summed E-state index contributed by atoms with van der Waals surface area (Å²) in [5.74, 6) is -0.0752. The van der Waals surface area contributed by atoms with Crippen molar-refractivity contribution < 1.29 is 24.5 Å². The highest BCUT2D eigenvalue weighted by Gasteiger charge is 2.18. The van der Waals surface area contributed by atoms with Crippen LogP contribution in [0.4, 0.5) is 0 Å². The van der Waals surface area contributed by atoms with Crippen molar-refractivity contribution in [2.24, 2.45) is 0 Å².